The molecule has 0 bridgehead atoms. The van der Waals surface area contributed by atoms with E-state index in [9.17, 15) is 9.18 Å². The summed E-state index contributed by atoms with van der Waals surface area (Å²) in [5.41, 5.74) is 2.94. The van der Waals surface area contributed by atoms with Crippen LogP contribution in [0.1, 0.15) is 18.9 Å². The molecule has 1 amide bonds. The molecule has 10 heteroatoms. The van der Waals surface area contributed by atoms with Gasteiger partial charge in [-0.1, -0.05) is 34.1 Å². The molecule has 1 aromatic rings. The molecule has 2 aliphatic heterocycles. The van der Waals surface area contributed by atoms with E-state index in [4.69, 9.17) is 19.2 Å². The van der Waals surface area contributed by atoms with Gasteiger partial charge in [0.1, 0.15) is 5.82 Å². The van der Waals surface area contributed by atoms with Crippen LogP contribution in [0.5, 0.6) is 0 Å². The fraction of sp³-hybridized carbons (Fsp3) is 0.500. The SMILES string of the molecule is COCCOCCOCCNC(=O)C1N=CN2C3=C(CC(Br)C=C3)C(c3ccccc3F)=N[C@H](C)C12. The summed E-state index contributed by atoms with van der Waals surface area (Å²) in [6.45, 7) is 4.69. The Hall–Kier alpha value is -2.40. The molecule has 194 valence electrons. The highest BCUT2D eigenvalue weighted by Gasteiger charge is 2.44. The van der Waals surface area contributed by atoms with Crippen LogP contribution in [-0.4, -0.2) is 92.5 Å². The molecule has 4 atom stereocenters. The van der Waals surface area contributed by atoms with Crippen LogP contribution in [0, 0.1) is 5.82 Å². The number of benzene rings is 1. The number of carbonyl (C=O) groups is 1. The summed E-state index contributed by atoms with van der Waals surface area (Å²) in [7, 11) is 1.63. The maximum Gasteiger partial charge on any atom is 0.247 e. The molecule has 0 spiro atoms. The predicted octanol–water partition coefficient (Wildman–Crippen LogP) is 2.87. The number of methoxy groups -OCH3 is 1. The van der Waals surface area contributed by atoms with E-state index in [1.54, 1.807) is 25.6 Å². The molecule has 0 saturated heterocycles. The number of aliphatic imine (C=N–C) groups is 2. The maximum atomic E-state index is 14.8. The lowest BCUT2D eigenvalue weighted by Gasteiger charge is -2.31. The van der Waals surface area contributed by atoms with Gasteiger partial charge in [0.15, 0.2) is 6.04 Å². The van der Waals surface area contributed by atoms with Crippen LogP contribution in [0.15, 0.2) is 57.7 Å². The standard InChI is InChI=1S/C26H32BrFN4O4/c1-17-25-24(26(33)29-9-10-35-13-14-36-12-11-34-2)30-16-32(25)22-8-7-18(27)15-20(22)23(31-17)19-5-3-4-6-21(19)28/h3-8,16-18,24-25H,9-15H2,1-2H3,(H,29,33)/t17-,18?,24?,25?/m1/s1. The lowest BCUT2D eigenvalue weighted by atomic mass is 9.92. The summed E-state index contributed by atoms with van der Waals surface area (Å²) in [5, 5.41) is 2.93. The first-order valence-electron chi connectivity index (χ1n) is 12.1. The Morgan fingerprint density at radius 3 is 2.72 bits per heavy atom. The molecule has 2 heterocycles. The van der Waals surface area contributed by atoms with Crippen molar-refractivity contribution < 1.29 is 23.4 Å². The molecule has 1 N–H and O–H groups in total. The fourth-order valence-corrected chi connectivity index (χ4v) is 5.06. The first kappa shape index (κ1) is 26.7. The zero-order chi connectivity index (χ0) is 25.5. The smallest absolute Gasteiger partial charge is 0.247 e. The van der Waals surface area contributed by atoms with Gasteiger partial charge in [-0.2, -0.15) is 0 Å². The fourth-order valence-electron chi connectivity index (χ4n) is 4.58. The third-order valence-electron chi connectivity index (χ3n) is 6.31. The monoisotopic (exact) mass is 562 g/mol. The number of alkyl halides is 1. The highest BCUT2D eigenvalue weighted by atomic mass is 79.9. The van der Waals surface area contributed by atoms with E-state index in [1.807, 2.05) is 24.0 Å². The number of nitrogens with zero attached hydrogens (tertiary/aromatic N) is 3. The third kappa shape index (κ3) is 6.11. The Kier molecular flexibility index (Phi) is 9.41. The van der Waals surface area contributed by atoms with E-state index < -0.39 is 6.04 Å². The molecular formula is C26H32BrFN4O4. The lowest BCUT2D eigenvalue weighted by molar-refractivity contribution is -0.123. The predicted molar refractivity (Wildman–Crippen MR) is 140 cm³/mol. The number of rotatable bonds is 11. The van der Waals surface area contributed by atoms with Crippen molar-refractivity contribution >= 4 is 33.9 Å². The van der Waals surface area contributed by atoms with Crippen LogP contribution in [0.3, 0.4) is 0 Å². The van der Waals surface area contributed by atoms with Gasteiger partial charge in [0.05, 0.1) is 57.2 Å². The van der Waals surface area contributed by atoms with Crippen molar-refractivity contribution in [1.82, 2.24) is 10.2 Å². The minimum Gasteiger partial charge on any atom is -0.382 e. The minimum absolute atomic E-state index is 0.115. The molecule has 1 aromatic carbocycles. The van der Waals surface area contributed by atoms with Crippen LogP contribution < -0.4 is 5.32 Å². The molecule has 0 aromatic heterocycles. The summed E-state index contributed by atoms with van der Waals surface area (Å²) in [4.78, 5) is 24.7. The van der Waals surface area contributed by atoms with Crippen LogP contribution in [0.25, 0.3) is 0 Å². The summed E-state index contributed by atoms with van der Waals surface area (Å²) in [6, 6.07) is 5.44. The van der Waals surface area contributed by atoms with Crippen molar-refractivity contribution in [3.05, 3.63) is 59.1 Å². The normalized spacial score (nSPS) is 24.9. The van der Waals surface area contributed by atoms with Crippen LogP contribution in [0.2, 0.25) is 0 Å². The van der Waals surface area contributed by atoms with E-state index in [0.29, 0.717) is 57.3 Å². The van der Waals surface area contributed by atoms with Crippen LogP contribution in [0.4, 0.5) is 4.39 Å². The zero-order valence-corrected chi connectivity index (χ0v) is 22.1. The first-order valence-corrected chi connectivity index (χ1v) is 13.0. The summed E-state index contributed by atoms with van der Waals surface area (Å²) in [6.07, 6.45) is 6.44. The number of nitrogens with one attached hydrogen (secondary N) is 1. The van der Waals surface area contributed by atoms with Crippen LogP contribution in [-0.2, 0) is 19.0 Å². The Balaban J connectivity index is 1.44. The summed E-state index contributed by atoms with van der Waals surface area (Å²) < 4.78 is 30.6. The van der Waals surface area contributed by atoms with E-state index in [2.05, 4.69) is 32.3 Å². The lowest BCUT2D eigenvalue weighted by Crippen LogP contribution is -2.49. The summed E-state index contributed by atoms with van der Waals surface area (Å²) >= 11 is 3.67. The molecule has 0 saturated carbocycles. The van der Waals surface area contributed by atoms with Crippen molar-refractivity contribution in [3.63, 3.8) is 0 Å². The van der Waals surface area contributed by atoms with Crippen molar-refractivity contribution in [2.24, 2.45) is 9.98 Å². The number of hydrogen-bond acceptors (Lipinski definition) is 7. The van der Waals surface area contributed by atoms with E-state index in [-0.39, 0.29) is 28.6 Å². The number of ether oxygens (including phenoxy) is 3. The van der Waals surface area contributed by atoms with Gasteiger partial charge < -0.3 is 24.4 Å². The Bertz CT molecular complexity index is 1060. The van der Waals surface area contributed by atoms with Crippen molar-refractivity contribution in [2.45, 2.75) is 36.3 Å². The molecule has 3 unspecified atom stereocenters. The second-order valence-corrected chi connectivity index (χ2v) is 9.93. The quantitative estimate of drug-likeness (QED) is 0.331. The van der Waals surface area contributed by atoms with E-state index in [1.165, 1.54) is 6.07 Å². The van der Waals surface area contributed by atoms with Gasteiger partial charge in [-0.25, -0.2) is 4.39 Å². The maximum absolute atomic E-state index is 14.8. The second kappa shape index (κ2) is 12.7. The average Bonchev–Trinajstić information content (AvgIpc) is 3.27. The van der Waals surface area contributed by atoms with E-state index >= 15 is 0 Å². The molecule has 1 aliphatic carbocycles. The number of halogens is 2. The Morgan fingerprint density at radius 2 is 1.94 bits per heavy atom. The highest BCUT2D eigenvalue weighted by molar-refractivity contribution is 9.09. The molecule has 8 nitrogen and oxygen atoms in total. The molecule has 3 aliphatic rings. The summed E-state index contributed by atoms with van der Waals surface area (Å²) in [5.74, 6) is -0.500. The number of amides is 1. The van der Waals surface area contributed by atoms with Gasteiger partial charge >= 0.3 is 0 Å². The highest BCUT2D eigenvalue weighted by Crippen LogP contribution is 2.36. The van der Waals surface area contributed by atoms with Gasteiger partial charge in [0.2, 0.25) is 5.91 Å². The molecule has 36 heavy (non-hydrogen) atoms. The van der Waals surface area contributed by atoms with Crippen molar-refractivity contribution in [3.8, 4) is 0 Å². The van der Waals surface area contributed by atoms with Crippen molar-refractivity contribution in [1.29, 1.82) is 0 Å². The number of fused-ring (bicyclic) bond motifs is 2. The first-order chi connectivity index (χ1) is 17.5. The molecule has 4 rings (SSSR count). The Morgan fingerprint density at radius 1 is 1.19 bits per heavy atom. The van der Waals surface area contributed by atoms with Crippen LogP contribution >= 0.6 is 15.9 Å². The van der Waals surface area contributed by atoms with Crippen molar-refractivity contribution in [2.75, 3.05) is 46.7 Å². The molecule has 0 radical (unpaired) electrons. The van der Waals surface area contributed by atoms with Gasteiger partial charge in [-0.3, -0.25) is 14.8 Å². The van der Waals surface area contributed by atoms with Gasteiger partial charge in [0.25, 0.3) is 0 Å². The largest absolute Gasteiger partial charge is 0.382 e. The topological polar surface area (TPSA) is 84.8 Å². The second-order valence-electron chi connectivity index (χ2n) is 8.76. The van der Waals surface area contributed by atoms with Gasteiger partial charge in [-0.15, -0.1) is 0 Å². The van der Waals surface area contributed by atoms with E-state index in [0.717, 1.165) is 11.3 Å². The average molecular weight is 563 g/mol. The third-order valence-corrected chi connectivity index (χ3v) is 6.93. The van der Waals surface area contributed by atoms with Gasteiger partial charge in [-0.05, 0) is 31.6 Å². The van der Waals surface area contributed by atoms with Gasteiger partial charge in [0, 0.05) is 35.3 Å². The number of hydrogen-bond donors (Lipinski definition) is 1. The molecular weight excluding hydrogens is 531 g/mol. The molecule has 0 fully saturated rings. The zero-order valence-electron chi connectivity index (χ0n) is 20.5. The number of carbonyl (C=O) groups excluding carboxylic acids is 1. The number of allylic oxidation sites excluding steroid dienone is 3. The Labute approximate surface area is 219 Å². The minimum atomic E-state index is -0.634.